The first-order valence-corrected chi connectivity index (χ1v) is 3.86. The third-order valence-corrected chi connectivity index (χ3v) is 1.81. The number of carboxylic acids is 1. The number of carbonyl (C=O) groups is 1. The fourth-order valence-electron chi connectivity index (χ4n) is 1.26. The molecule has 0 bridgehead atoms. The van der Waals surface area contributed by atoms with Gasteiger partial charge < -0.3 is 9.90 Å². The van der Waals surface area contributed by atoms with Crippen LogP contribution in [0.2, 0.25) is 0 Å². The number of carbonyl (C=O) groups excluding carboxylic acids is 1. The Hall–Kier alpha value is -0.0500. The van der Waals surface area contributed by atoms with E-state index < -0.39 is 5.97 Å². The Morgan fingerprint density at radius 1 is 1.33 bits per heavy atom. The minimum atomic E-state index is -1.13. The predicted molar refractivity (Wildman–Crippen MR) is 40.7 cm³/mol. The second-order valence-electron chi connectivity index (χ2n) is 2.71. The van der Waals surface area contributed by atoms with E-state index in [1.165, 1.54) is 18.4 Å². The molecule has 1 saturated carbocycles. The summed E-state index contributed by atoms with van der Waals surface area (Å²) in [5, 5.41) is 9.95. The third-order valence-electron chi connectivity index (χ3n) is 1.81. The zero-order valence-corrected chi connectivity index (χ0v) is 9.38. The van der Waals surface area contributed by atoms with E-state index in [4.69, 9.17) is 0 Å². The molecular weight excluding hydrogens is 163 g/mol. The predicted octanol–water partition coefficient (Wildman–Crippen LogP) is -2.20. The normalized spacial score (nSPS) is 16.2. The van der Waals surface area contributed by atoms with Gasteiger partial charge in [0.2, 0.25) is 0 Å². The quantitative estimate of drug-likeness (QED) is 0.352. The minimum Gasteiger partial charge on any atom is -0.545 e. The molecule has 0 heterocycles. The van der Waals surface area contributed by atoms with Gasteiger partial charge in [-0.1, -0.05) is 17.7 Å². The fraction of sp³-hybridized carbons (Fsp3) is 0.444. The molecule has 0 atom stereocenters. The molecule has 0 amide bonds. The molecule has 1 aliphatic rings. The summed E-state index contributed by atoms with van der Waals surface area (Å²) in [6, 6.07) is 0. The van der Waals surface area contributed by atoms with E-state index in [1.54, 1.807) is 6.08 Å². The molecule has 1 fully saturated rings. The molecule has 0 aliphatic heterocycles. The monoisotopic (exact) mass is 174 g/mol. The average molecular weight is 174 g/mol. The molecule has 0 N–H and O–H groups in total. The zero-order chi connectivity index (χ0) is 8.10. The van der Waals surface area contributed by atoms with Crippen molar-refractivity contribution in [3.8, 4) is 0 Å². The zero-order valence-electron chi connectivity index (χ0n) is 7.38. The van der Waals surface area contributed by atoms with Crippen molar-refractivity contribution in [3.05, 3.63) is 23.8 Å². The summed E-state index contributed by atoms with van der Waals surface area (Å²) < 4.78 is 0. The van der Waals surface area contributed by atoms with Gasteiger partial charge in [-0.25, -0.2) is 0 Å². The van der Waals surface area contributed by atoms with Crippen molar-refractivity contribution in [3.63, 3.8) is 0 Å². The van der Waals surface area contributed by atoms with Gasteiger partial charge in [-0.2, -0.15) is 0 Å². The van der Waals surface area contributed by atoms with Gasteiger partial charge in [-0.15, -0.1) is 0 Å². The summed E-state index contributed by atoms with van der Waals surface area (Å²) >= 11 is 0. The molecule has 1 rings (SSSR count). The van der Waals surface area contributed by atoms with Crippen LogP contribution in [0.5, 0.6) is 0 Å². The van der Waals surface area contributed by atoms with Crippen molar-refractivity contribution < 1.29 is 39.5 Å². The van der Waals surface area contributed by atoms with Crippen LogP contribution >= 0.6 is 0 Å². The Labute approximate surface area is 94.6 Å². The molecule has 2 nitrogen and oxygen atoms in total. The maximum atomic E-state index is 9.95. The van der Waals surface area contributed by atoms with Gasteiger partial charge in [-0.05, 0) is 31.8 Å². The molecule has 60 valence electrons. The maximum absolute atomic E-state index is 9.95. The molecule has 12 heavy (non-hydrogen) atoms. The number of rotatable bonds is 2. The molecule has 3 heteroatoms. The number of hydrogen-bond acceptors (Lipinski definition) is 2. The summed E-state index contributed by atoms with van der Waals surface area (Å²) in [7, 11) is 0. The first-order valence-electron chi connectivity index (χ1n) is 3.86. The Kier molecular flexibility index (Phi) is 6.44. The summed E-state index contributed by atoms with van der Waals surface area (Å²) in [5.41, 5.74) is 1.35. The summed E-state index contributed by atoms with van der Waals surface area (Å²) in [6.45, 7) is 0. The second kappa shape index (κ2) is 6.46. The smallest absolute Gasteiger partial charge is 0.545 e. The van der Waals surface area contributed by atoms with Gasteiger partial charge in [0.05, 0.1) is 5.97 Å². The maximum Gasteiger partial charge on any atom is 1.00 e. The number of allylic oxidation sites excluding steroid dienone is 3. The third kappa shape index (κ3) is 4.75. The van der Waals surface area contributed by atoms with Gasteiger partial charge >= 0.3 is 29.6 Å². The largest absolute Gasteiger partial charge is 1.00 e. The Balaban J connectivity index is 0.00000121. The Morgan fingerprint density at radius 2 is 1.92 bits per heavy atom. The van der Waals surface area contributed by atoms with Crippen LogP contribution in [-0.2, 0) is 4.79 Å². The van der Waals surface area contributed by atoms with Crippen molar-refractivity contribution in [1.82, 2.24) is 0 Å². The van der Waals surface area contributed by atoms with Crippen molar-refractivity contribution in [1.29, 1.82) is 0 Å². The molecule has 0 aromatic heterocycles. The summed E-state index contributed by atoms with van der Waals surface area (Å²) in [4.78, 5) is 9.95. The van der Waals surface area contributed by atoms with Crippen LogP contribution in [-0.4, -0.2) is 5.97 Å². The first-order chi connectivity index (χ1) is 5.29. The van der Waals surface area contributed by atoms with Crippen LogP contribution in [0.4, 0.5) is 0 Å². The van der Waals surface area contributed by atoms with Crippen LogP contribution < -0.4 is 34.7 Å². The molecule has 0 unspecified atom stereocenters. The molecule has 0 spiro atoms. The molecular formula is C9H11NaO2. The van der Waals surface area contributed by atoms with E-state index in [-0.39, 0.29) is 29.6 Å². The van der Waals surface area contributed by atoms with Crippen LogP contribution in [0.1, 0.15) is 25.7 Å². The summed E-state index contributed by atoms with van der Waals surface area (Å²) in [5.74, 6) is -1.13. The van der Waals surface area contributed by atoms with Crippen molar-refractivity contribution in [2.24, 2.45) is 0 Å². The molecule has 0 aromatic carbocycles. The van der Waals surface area contributed by atoms with Crippen molar-refractivity contribution in [2.75, 3.05) is 0 Å². The van der Waals surface area contributed by atoms with Gasteiger partial charge in [0, 0.05) is 0 Å². The SMILES string of the molecule is O=C([O-])/C=C/C=C1CCCC1.[Na+]. The van der Waals surface area contributed by atoms with Gasteiger partial charge in [0.25, 0.3) is 0 Å². The molecule has 0 aromatic rings. The molecule has 0 saturated heterocycles. The minimum absolute atomic E-state index is 0. The summed E-state index contributed by atoms with van der Waals surface area (Å²) in [6.07, 6.45) is 9.22. The number of aliphatic carboxylic acids is 1. The van der Waals surface area contributed by atoms with Crippen LogP contribution in [0.15, 0.2) is 23.8 Å². The van der Waals surface area contributed by atoms with Crippen LogP contribution in [0.3, 0.4) is 0 Å². The van der Waals surface area contributed by atoms with E-state index in [0.29, 0.717) is 0 Å². The number of carboxylic acid groups (broad SMARTS) is 1. The van der Waals surface area contributed by atoms with E-state index >= 15 is 0 Å². The van der Waals surface area contributed by atoms with Crippen molar-refractivity contribution in [2.45, 2.75) is 25.7 Å². The standard InChI is InChI=1S/C9H12O2.Na/c10-9(11)7-3-6-8-4-1-2-5-8;/h3,6-7H,1-2,4-5H2,(H,10,11);/q;+1/p-1/b7-3+;. The topological polar surface area (TPSA) is 40.1 Å². The molecule has 0 radical (unpaired) electrons. The Morgan fingerprint density at radius 3 is 2.42 bits per heavy atom. The van der Waals surface area contributed by atoms with E-state index in [9.17, 15) is 9.90 Å². The van der Waals surface area contributed by atoms with Crippen molar-refractivity contribution >= 4 is 5.97 Å². The number of hydrogen-bond donors (Lipinski definition) is 0. The van der Waals surface area contributed by atoms with E-state index in [0.717, 1.165) is 18.9 Å². The van der Waals surface area contributed by atoms with Crippen LogP contribution in [0.25, 0.3) is 0 Å². The molecule has 1 aliphatic carbocycles. The Bertz CT molecular complexity index is 199. The first kappa shape index (κ1) is 11.9. The van der Waals surface area contributed by atoms with Gasteiger partial charge in [0.1, 0.15) is 0 Å². The van der Waals surface area contributed by atoms with Gasteiger partial charge in [0.15, 0.2) is 0 Å². The fourth-order valence-corrected chi connectivity index (χ4v) is 1.26. The van der Waals surface area contributed by atoms with E-state index in [2.05, 4.69) is 0 Å². The van der Waals surface area contributed by atoms with Crippen LogP contribution in [0, 0.1) is 0 Å². The second-order valence-corrected chi connectivity index (χ2v) is 2.71. The van der Waals surface area contributed by atoms with Gasteiger partial charge in [-0.3, -0.25) is 0 Å². The average Bonchev–Trinajstić information content (AvgIpc) is 2.39. The van der Waals surface area contributed by atoms with E-state index in [1.807, 2.05) is 6.08 Å².